The zero-order valence-corrected chi connectivity index (χ0v) is 13.8. The lowest BCUT2D eigenvalue weighted by Gasteiger charge is -2.10. The van der Waals surface area contributed by atoms with Crippen LogP contribution in [0.15, 0.2) is 30.5 Å². The van der Waals surface area contributed by atoms with Gasteiger partial charge in [-0.3, -0.25) is 4.79 Å². The Kier molecular flexibility index (Phi) is 4.86. The third-order valence-corrected chi connectivity index (χ3v) is 4.29. The van der Waals surface area contributed by atoms with E-state index >= 15 is 0 Å². The second kappa shape index (κ2) is 7.04. The van der Waals surface area contributed by atoms with Crippen LogP contribution in [0.3, 0.4) is 0 Å². The Hall–Kier alpha value is -2.01. The average Bonchev–Trinajstić information content (AvgIpc) is 3.17. The van der Waals surface area contributed by atoms with Gasteiger partial charge < -0.3 is 10.1 Å². The van der Waals surface area contributed by atoms with Gasteiger partial charge in [0, 0.05) is 17.3 Å². The number of carbonyl (C=O) groups is 1. The highest BCUT2D eigenvalue weighted by Crippen LogP contribution is 2.22. The summed E-state index contributed by atoms with van der Waals surface area (Å²) in [5.41, 5.74) is 1.39. The lowest BCUT2D eigenvalue weighted by molar-refractivity contribution is 0.0930. The van der Waals surface area contributed by atoms with Gasteiger partial charge in [-0.05, 0) is 49.6 Å². The summed E-state index contributed by atoms with van der Waals surface area (Å²) in [5, 5.41) is 7.98. The van der Waals surface area contributed by atoms with Crippen LogP contribution in [0.5, 0.6) is 5.75 Å². The SMILES string of the molecule is Cc1cc(Cl)ccc1OCn1ccc(C(=O)NC2CCCC2)n1. The summed E-state index contributed by atoms with van der Waals surface area (Å²) in [5.74, 6) is 0.639. The number of aromatic nitrogens is 2. The van der Waals surface area contributed by atoms with E-state index in [1.165, 1.54) is 12.8 Å². The van der Waals surface area contributed by atoms with Crippen molar-refractivity contribution in [3.63, 3.8) is 0 Å². The summed E-state index contributed by atoms with van der Waals surface area (Å²) >= 11 is 5.92. The molecule has 1 amide bonds. The van der Waals surface area contributed by atoms with Crippen LogP contribution in [0.2, 0.25) is 5.02 Å². The minimum atomic E-state index is -0.113. The monoisotopic (exact) mass is 333 g/mol. The highest BCUT2D eigenvalue weighted by Gasteiger charge is 2.19. The van der Waals surface area contributed by atoms with E-state index in [9.17, 15) is 4.79 Å². The van der Waals surface area contributed by atoms with Gasteiger partial charge in [-0.2, -0.15) is 5.10 Å². The van der Waals surface area contributed by atoms with Crippen LogP contribution in [-0.2, 0) is 6.73 Å². The summed E-state index contributed by atoms with van der Waals surface area (Å²) in [4.78, 5) is 12.1. The molecule has 5 nitrogen and oxygen atoms in total. The fourth-order valence-electron chi connectivity index (χ4n) is 2.79. The zero-order valence-electron chi connectivity index (χ0n) is 13.1. The normalized spacial score (nSPS) is 14.9. The van der Waals surface area contributed by atoms with Crippen molar-refractivity contribution in [2.75, 3.05) is 0 Å². The summed E-state index contributed by atoms with van der Waals surface area (Å²) in [6.07, 6.45) is 6.24. The Morgan fingerprint density at radius 3 is 2.91 bits per heavy atom. The maximum absolute atomic E-state index is 12.1. The Morgan fingerprint density at radius 1 is 1.39 bits per heavy atom. The number of aryl methyl sites for hydroxylation is 1. The van der Waals surface area contributed by atoms with Crippen LogP contribution in [-0.4, -0.2) is 21.7 Å². The van der Waals surface area contributed by atoms with E-state index in [0.29, 0.717) is 16.8 Å². The van der Waals surface area contributed by atoms with Gasteiger partial charge in [0.25, 0.3) is 5.91 Å². The van der Waals surface area contributed by atoms with Gasteiger partial charge in [-0.1, -0.05) is 24.4 Å². The standard InChI is InChI=1S/C17H20ClN3O2/c1-12-10-13(18)6-7-16(12)23-11-21-9-8-15(20-21)17(22)19-14-4-2-3-5-14/h6-10,14H,2-5,11H2,1H3,(H,19,22). The first-order valence-corrected chi connectivity index (χ1v) is 8.23. The van der Waals surface area contributed by atoms with Crippen molar-refractivity contribution in [2.24, 2.45) is 0 Å². The molecule has 1 aromatic carbocycles. The number of carbonyl (C=O) groups excluding carboxylic acids is 1. The maximum atomic E-state index is 12.1. The Labute approximate surface area is 140 Å². The zero-order chi connectivity index (χ0) is 16.2. The molecule has 0 bridgehead atoms. The molecule has 0 aliphatic heterocycles. The van der Waals surface area contributed by atoms with Gasteiger partial charge in [0.15, 0.2) is 6.73 Å². The first-order chi connectivity index (χ1) is 11.1. The van der Waals surface area contributed by atoms with E-state index in [1.54, 1.807) is 23.0 Å². The van der Waals surface area contributed by atoms with Crippen molar-refractivity contribution in [1.29, 1.82) is 0 Å². The predicted molar refractivity (Wildman–Crippen MR) is 88.8 cm³/mol. The molecule has 0 atom stereocenters. The minimum absolute atomic E-state index is 0.113. The third-order valence-electron chi connectivity index (χ3n) is 4.05. The van der Waals surface area contributed by atoms with Crippen molar-refractivity contribution in [3.8, 4) is 5.75 Å². The number of rotatable bonds is 5. The third kappa shape index (κ3) is 4.05. The molecular formula is C17H20ClN3O2. The van der Waals surface area contributed by atoms with E-state index in [4.69, 9.17) is 16.3 Å². The molecule has 0 radical (unpaired) electrons. The van der Waals surface area contributed by atoms with Gasteiger partial charge in [-0.25, -0.2) is 4.68 Å². The average molecular weight is 334 g/mol. The number of nitrogens with one attached hydrogen (secondary N) is 1. The molecule has 0 spiro atoms. The molecular weight excluding hydrogens is 314 g/mol. The van der Waals surface area contributed by atoms with E-state index < -0.39 is 0 Å². The number of ether oxygens (including phenoxy) is 1. The van der Waals surface area contributed by atoms with E-state index in [1.807, 2.05) is 19.1 Å². The first-order valence-electron chi connectivity index (χ1n) is 7.85. The lowest BCUT2D eigenvalue weighted by atomic mass is 10.2. The maximum Gasteiger partial charge on any atom is 0.271 e. The van der Waals surface area contributed by atoms with Crippen LogP contribution in [0.1, 0.15) is 41.7 Å². The summed E-state index contributed by atoms with van der Waals surface area (Å²) < 4.78 is 7.32. The molecule has 1 fully saturated rings. The summed E-state index contributed by atoms with van der Waals surface area (Å²) in [6, 6.07) is 7.46. The van der Waals surface area contributed by atoms with Crippen LogP contribution in [0.4, 0.5) is 0 Å². The van der Waals surface area contributed by atoms with Gasteiger partial charge in [-0.15, -0.1) is 0 Å². The van der Waals surface area contributed by atoms with Gasteiger partial charge in [0.05, 0.1) is 0 Å². The number of benzene rings is 1. The van der Waals surface area contributed by atoms with E-state index in [-0.39, 0.29) is 12.6 Å². The van der Waals surface area contributed by atoms with E-state index in [0.717, 1.165) is 24.2 Å². The van der Waals surface area contributed by atoms with Crippen LogP contribution in [0.25, 0.3) is 0 Å². The quantitative estimate of drug-likeness (QED) is 0.910. The van der Waals surface area contributed by atoms with Gasteiger partial charge in [0.2, 0.25) is 0 Å². The largest absolute Gasteiger partial charge is 0.471 e. The highest BCUT2D eigenvalue weighted by molar-refractivity contribution is 6.30. The summed E-state index contributed by atoms with van der Waals surface area (Å²) in [6.45, 7) is 2.18. The number of halogens is 1. The second-order valence-corrected chi connectivity index (χ2v) is 6.31. The van der Waals surface area contributed by atoms with Crippen LogP contribution < -0.4 is 10.1 Å². The molecule has 0 saturated heterocycles. The molecule has 0 unspecified atom stereocenters. The van der Waals surface area contributed by atoms with Crippen molar-refractivity contribution >= 4 is 17.5 Å². The number of hydrogen-bond donors (Lipinski definition) is 1. The van der Waals surface area contributed by atoms with Crippen LogP contribution >= 0.6 is 11.6 Å². The molecule has 122 valence electrons. The number of hydrogen-bond acceptors (Lipinski definition) is 3. The van der Waals surface area contributed by atoms with Gasteiger partial charge >= 0.3 is 0 Å². The molecule has 1 aliphatic rings. The number of amides is 1. The molecule has 6 heteroatoms. The van der Waals surface area contributed by atoms with Gasteiger partial charge in [0.1, 0.15) is 11.4 Å². The predicted octanol–water partition coefficient (Wildman–Crippen LogP) is 3.55. The molecule has 2 aromatic rings. The lowest BCUT2D eigenvalue weighted by Crippen LogP contribution is -2.32. The Morgan fingerprint density at radius 2 is 2.17 bits per heavy atom. The molecule has 1 aromatic heterocycles. The van der Waals surface area contributed by atoms with Crippen molar-refractivity contribution in [1.82, 2.24) is 15.1 Å². The highest BCUT2D eigenvalue weighted by atomic mass is 35.5. The molecule has 3 rings (SSSR count). The fourth-order valence-corrected chi connectivity index (χ4v) is 3.02. The molecule has 23 heavy (non-hydrogen) atoms. The second-order valence-electron chi connectivity index (χ2n) is 5.88. The first kappa shape index (κ1) is 15.9. The Bertz CT molecular complexity index is 693. The fraction of sp³-hybridized carbons (Fsp3) is 0.412. The Balaban J connectivity index is 1.57. The molecule has 1 saturated carbocycles. The molecule has 1 heterocycles. The van der Waals surface area contributed by atoms with Crippen LogP contribution in [0, 0.1) is 6.92 Å². The molecule has 1 N–H and O–H groups in total. The molecule has 1 aliphatic carbocycles. The number of nitrogens with zero attached hydrogens (tertiary/aromatic N) is 2. The van der Waals surface area contributed by atoms with Crippen molar-refractivity contribution in [3.05, 3.63) is 46.7 Å². The topological polar surface area (TPSA) is 56.1 Å². The smallest absolute Gasteiger partial charge is 0.271 e. The van der Waals surface area contributed by atoms with Crippen molar-refractivity contribution in [2.45, 2.75) is 45.4 Å². The van der Waals surface area contributed by atoms with E-state index in [2.05, 4.69) is 10.4 Å². The summed E-state index contributed by atoms with van der Waals surface area (Å²) in [7, 11) is 0. The van der Waals surface area contributed by atoms with Crippen molar-refractivity contribution < 1.29 is 9.53 Å². The minimum Gasteiger partial charge on any atom is -0.471 e.